The van der Waals surface area contributed by atoms with Crippen molar-refractivity contribution in [3.8, 4) is 0 Å². The summed E-state index contributed by atoms with van der Waals surface area (Å²) >= 11 is 0. The van der Waals surface area contributed by atoms with Gasteiger partial charge in [0.05, 0.1) is 30.3 Å². The summed E-state index contributed by atoms with van der Waals surface area (Å²) in [7, 11) is 2.00. The van der Waals surface area contributed by atoms with Gasteiger partial charge in [-0.25, -0.2) is 14.6 Å². The summed E-state index contributed by atoms with van der Waals surface area (Å²) in [6, 6.07) is 5.38. The fourth-order valence-electron chi connectivity index (χ4n) is 3.57. The number of amides is 1. The summed E-state index contributed by atoms with van der Waals surface area (Å²) in [5.74, 6) is 1.49. The van der Waals surface area contributed by atoms with Gasteiger partial charge in [0.1, 0.15) is 12.2 Å². The normalized spacial score (nSPS) is 15.8. The van der Waals surface area contributed by atoms with Gasteiger partial charge >= 0.3 is 0 Å². The van der Waals surface area contributed by atoms with Crippen molar-refractivity contribution in [3.63, 3.8) is 0 Å². The maximum absolute atomic E-state index is 12.8. The second-order valence-corrected chi connectivity index (χ2v) is 6.90. The highest BCUT2D eigenvalue weighted by atomic mass is 16.5. The molecule has 3 heterocycles. The van der Waals surface area contributed by atoms with Crippen LogP contribution >= 0.6 is 0 Å². The SMILES string of the molecule is CCn1ncnc1C(C)NC(=O)c1ccc2c(c1)nc(N1CCOCC1)n2C. The zero-order valence-corrected chi connectivity index (χ0v) is 16.4. The van der Waals surface area contributed by atoms with Crippen LogP contribution in [-0.2, 0) is 18.3 Å². The van der Waals surface area contributed by atoms with Crippen LogP contribution in [0.2, 0.25) is 0 Å². The number of hydrogen-bond acceptors (Lipinski definition) is 6. The van der Waals surface area contributed by atoms with E-state index in [1.165, 1.54) is 6.33 Å². The summed E-state index contributed by atoms with van der Waals surface area (Å²) in [5.41, 5.74) is 2.38. The van der Waals surface area contributed by atoms with E-state index in [1.54, 1.807) is 4.68 Å². The number of aryl methyl sites for hydroxylation is 2. The molecule has 3 aromatic rings. The first-order valence-electron chi connectivity index (χ1n) is 9.56. The number of anilines is 1. The van der Waals surface area contributed by atoms with E-state index in [9.17, 15) is 4.79 Å². The Morgan fingerprint density at radius 2 is 2.11 bits per heavy atom. The number of benzene rings is 1. The van der Waals surface area contributed by atoms with Crippen LogP contribution in [0.3, 0.4) is 0 Å². The van der Waals surface area contributed by atoms with E-state index < -0.39 is 0 Å². The molecule has 1 aromatic carbocycles. The molecule has 0 saturated carbocycles. The molecule has 9 nitrogen and oxygen atoms in total. The Kier molecular flexibility index (Phi) is 4.99. The number of fused-ring (bicyclic) bond motifs is 1. The van der Waals surface area contributed by atoms with E-state index >= 15 is 0 Å². The van der Waals surface area contributed by atoms with Gasteiger partial charge in [0, 0.05) is 32.2 Å². The molecule has 1 aliphatic rings. The fraction of sp³-hybridized carbons (Fsp3) is 0.474. The van der Waals surface area contributed by atoms with Crippen molar-refractivity contribution in [1.82, 2.24) is 29.6 Å². The Morgan fingerprint density at radius 1 is 1.32 bits per heavy atom. The predicted octanol–water partition coefficient (Wildman–Crippen LogP) is 1.51. The second-order valence-electron chi connectivity index (χ2n) is 6.90. The third-order valence-corrected chi connectivity index (χ3v) is 5.09. The number of rotatable bonds is 5. The quantitative estimate of drug-likeness (QED) is 0.718. The van der Waals surface area contributed by atoms with E-state index in [-0.39, 0.29) is 11.9 Å². The number of aromatic nitrogens is 5. The Labute approximate surface area is 163 Å². The van der Waals surface area contributed by atoms with Gasteiger partial charge in [-0.15, -0.1) is 0 Å². The average molecular weight is 383 g/mol. The fourth-order valence-corrected chi connectivity index (χ4v) is 3.57. The smallest absolute Gasteiger partial charge is 0.251 e. The highest BCUT2D eigenvalue weighted by molar-refractivity contribution is 5.97. The van der Waals surface area contributed by atoms with Crippen LogP contribution in [0.15, 0.2) is 24.5 Å². The largest absolute Gasteiger partial charge is 0.378 e. The summed E-state index contributed by atoms with van der Waals surface area (Å²) < 4.78 is 9.27. The molecular weight excluding hydrogens is 358 g/mol. The molecule has 1 atom stereocenters. The minimum Gasteiger partial charge on any atom is -0.378 e. The predicted molar refractivity (Wildman–Crippen MR) is 105 cm³/mol. The number of ether oxygens (including phenoxy) is 1. The van der Waals surface area contributed by atoms with Crippen LogP contribution in [0.25, 0.3) is 11.0 Å². The lowest BCUT2D eigenvalue weighted by molar-refractivity contribution is 0.0937. The van der Waals surface area contributed by atoms with E-state index in [0.29, 0.717) is 25.3 Å². The van der Waals surface area contributed by atoms with Crippen LogP contribution < -0.4 is 10.2 Å². The molecule has 148 valence electrons. The summed E-state index contributed by atoms with van der Waals surface area (Å²) in [6.07, 6.45) is 1.51. The second kappa shape index (κ2) is 7.59. The van der Waals surface area contributed by atoms with Gasteiger partial charge in [0.15, 0.2) is 0 Å². The highest BCUT2D eigenvalue weighted by Gasteiger charge is 2.20. The molecule has 4 rings (SSSR count). The zero-order valence-electron chi connectivity index (χ0n) is 16.4. The topological polar surface area (TPSA) is 90.1 Å². The number of hydrogen-bond donors (Lipinski definition) is 1. The number of carbonyl (C=O) groups is 1. The van der Waals surface area contributed by atoms with E-state index in [2.05, 4.69) is 24.9 Å². The summed E-state index contributed by atoms with van der Waals surface area (Å²) in [6.45, 7) is 7.66. The third-order valence-electron chi connectivity index (χ3n) is 5.09. The van der Waals surface area contributed by atoms with Crippen LogP contribution in [-0.4, -0.2) is 56.5 Å². The minimum absolute atomic E-state index is 0.154. The molecule has 0 spiro atoms. The van der Waals surface area contributed by atoms with Gasteiger partial charge in [-0.2, -0.15) is 5.10 Å². The lowest BCUT2D eigenvalue weighted by atomic mass is 10.1. The van der Waals surface area contributed by atoms with Crippen molar-refractivity contribution in [3.05, 3.63) is 35.9 Å². The lowest BCUT2D eigenvalue weighted by Gasteiger charge is -2.27. The highest BCUT2D eigenvalue weighted by Crippen LogP contribution is 2.23. The molecule has 1 unspecified atom stereocenters. The van der Waals surface area contributed by atoms with Crippen molar-refractivity contribution in [2.24, 2.45) is 7.05 Å². The Balaban J connectivity index is 1.56. The van der Waals surface area contributed by atoms with E-state index in [0.717, 1.165) is 35.9 Å². The molecule has 1 amide bonds. The first-order chi connectivity index (χ1) is 13.6. The number of nitrogens with zero attached hydrogens (tertiary/aromatic N) is 6. The minimum atomic E-state index is -0.238. The maximum atomic E-state index is 12.8. The molecule has 9 heteroatoms. The third kappa shape index (κ3) is 3.33. The number of carbonyl (C=O) groups excluding carboxylic acids is 1. The maximum Gasteiger partial charge on any atom is 0.251 e. The van der Waals surface area contributed by atoms with Gasteiger partial charge in [0.25, 0.3) is 5.91 Å². The van der Waals surface area contributed by atoms with Crippen molar-refractivity contribution in [2.45, 2.75) is 26.4 Å². The molecule has 0 aliphatic carbocycles. The zero-order chi connectivity index (χ0) is 19.7. The number of nitrogens with one attached hydrogen (secondary N) is 1. The number of imidazole rings is 1. The number of morpholine rings is 1. The van der Waals surface area contributed by atoms with Crippen molar-refractivity contribution < 1.29 is 9.53 Å². The molecule has 0 bridgehead atoms. The first kappa shape index (κ1) is 18.4. The van der Waals surface area contributed by atoms with Crippen LogP contribution in [0.5, 0.6) is 0 Å². The van der Waals surface area contributed by atoms with Crippen molar-refractivity contribution >= 4 is 22.9 Å². The van der Waals surface area contributed by atoms with Gasteiger partial charge in [-0.3, -0.25) is 4.79 Å². The molecule has 28 heavy (non-hydrogen) atoms. The molecule has 1 N–H and O–H groups in total. The van der Waals surface area contributed by atoms with Gasteiger partial charge in [-0.05, 0) is 32.0 Å². The molecule has 0 radical (unpaired) electrons. The summed E-state index contributed by atoms with van der Waals surface area (Å²) in [4.78, 5) is 24.0. The van der Waals surface area contributed by atoms with E-state index in [4.69, 9.17) is 9.72 Å². The first-order valence-corrected chi connectivity index (χ1v) is 9.56. The van der Waals surface area contributed by atoms with E-state index in [1.807, 2.05) is 39.1 Å². The molecule has 1 saturated heterocycles. The molecule has 1 fully saturated rings. The summed E-state index contributed by atoms with van der Waals surface area (Å²) in [5, 5.41) is 7.16. The molecular formula is C19H25N7O2. The van der Waals surface area contributed by atoms with Gasteiger partial charge in [0.2, 0.25) is 5.95 Å². The standard InChI is InChI=1S/C19H25N7O2/c1-4-26-17(20-12-21-26)13(2)22-18(27)14-5-6-16-15(11-14)23-19(24(16)3)25-7-9-28-10-8-25/h5-6,11-13H,4,7-10H2,1-3H3,(H,22,27). The van der Waals surface area contributed by atoms with Crippen LogP contribution in [0.4, 0.5) is 5.95 Å². The van der Waals surface area contributed by atoms with Crippen molar-refractivity contribution in [1.29, 1.82) is 0 Å². The Morgan fingerprint density at radius 3 is 2.86 bits per heavy atom. The van der Waals surface area contributed by atoms with Crippen LogP contribution in [0.1, 0.15) is 36.1 Å². The Bertz CT molecular complexity index is 987. The molecule has 2 aromatic heterocycles. The van der Waals surface area contributed by atoms with Crippen molar-refractivity contribution in [2.75, 3.05) is 31.2 Å². The van der Waals surface area contributed by atoms with Crippen LogP contribution in [0, 0.1) is 0 Å². The average Bonchev–Trinajstić information content (AvgIpc) is 3.33. The van der Waals surface area contributed by atoms with Gasteiger partial charge < -0.3 is 19.5 Å². The Hall–Kier alpha value is -2.94. The lowest BCUT2D eigenvalue weighted by Crippen LogP contribution is -2.37. The van der Waals surface area contributed by atoms with Gasteiger partial charge in [-0.1, -0.05) is 0 Å². The monoisotopic (exact) mass is 383 g/mol. The molecule has 1 aliphatic heterocycles.